The Morgan fingerprint density at radius 1 is 1.16 bits per heavy atom. The van der Waals surface area contributed by atoms with Crippen LogP contribution in [0.1, 0.15) is 37.5 Å². The number of methoxy groups -OCH3 is 1. The zero-order valence-corrected chi connectivity index (χ0v) is 23.2. The smallest absolute Gasteiger partial charge is 0.227 e. The van der Waals surface area contributed by atoms with E-state index in [2.05, 4.69) is 58.3 Å². The summed E-state index contributed by atoms with van der Waals surface area (Å²) < 4.78 is 5.71. The van der Waals surface area contributed by atoms with Crippen molar-refractivity contribution >= 4 is 28.9 Å². The molecule has 0 atom stereocenters. The maximum absolute atomic E-state index is 9.76. The number of rotatable bonds is 7. The lowest BCUT2D eigenvalue weighted by molar-refractivity contribution is 0.132. The predicted molar refractivity (Wildman–Crippen MR) is 152 cm³/mol. The van der Waals surface area contributed by atoms with E-state index in [0.29, 0.717) is 28.0 Å². The molecule has 3 heterocycles. The fourth-order valence-electron chi connectivity index (χ4n) is 5.19. The Morgan fingerprint density at radius 3 is 2.63 bits per heavy atom. The van der Waals surface area contributed by atoms with Gasteiger partial charge in [0.25, 0.3) is 0 Å². The summed E-state index contributed by atoms with van der Waals surface area (Å²) in [5.74, 6) is 1.11. The van der Waals surface area contributed by atoms with Gasteiger partial charge >= 0.3 is 0 Å². The van der Waals surface area contributed by atoms with Crippen LogP contribution in [-0.2, 0) is 12.0 Å². The predicted octanol–water partition coefficient (Wildman–Crippen LogP) is 5.26. The minimum atomic E-state index is -0.0690. The van der Waals surface area contributed by atoms with Crippen LogP contribution in [0, 0.1) is 11.3 Å². The van der Waals surface area contributed by atoms with Crippen molar-refractivity contribution in [3.05, 3.63) is 58.2 Å². The summed E-state index contributed by atoms with van der Waals surface area (Å²) in [5.41, 5.74) is 5.94. The summed E-state index contributed by atoms with van der Waals surface area (Å²) in [4.78, 5) is 14.1. The van der Waals surface area contributed by atoms with E-state index in [1.165, 1.54) is 0 Å². The van der Waals surface area contributed by atoms with Crippen molar-refractivity contribution in [3.63, 3.8) is 0 Å². The largest absolute Gasteiger partial charge is 0.495 e. The first-order chi connectivity index (χ1) is 18.3. The van der Waals surface area contributed by atoms with Crippen LogP contribution < -0.4 is 15.4 Å². The number of aromatic nitrogens is 2. The molecule has 0 bridgehead atoms. The number of fused-ring (bicyclic) bond motifs is 1. The molecule has 9 heteroatoms. The number of nitrogens with zero attached hydrogens (tertiary/aromatic N) is 5. The molecule has 8 nitrogen and oxygen atoms in total. The number of nitrogens with one attached hydrogen (secondary N) is 2. The molecule has 198 valence electrons. The van der Waals surface area contributed by atoms with E-state index in [-0.39, 0.29) is 5.41 Å². The molecular weight excluding hydrogens is 498 g/mol. The second-order valence-corrected chi connectivity index (χ2v) is 10.9. The zero-order chi connectivity index (χ0) is 26.9. The maximum atomic E-state index is 9.76. The summed E-state index contributed by atoms with van der Waals surface area (Å²) in [6.07, 6.45) is 1.71. The van der Waals surface area contributed by atoms with Gasteiger partial charge in [0.15, 0.2) is 0 Å². The van der Waals surface area contributed by atoms with E-state index < -0.39 is 0 Å². The normalized spacial score (nSPS) is 16.9. The molecule has 2 aliphatic rings. The number of ether oxygens (including phenoxy) is 1. The first-order valence-electron chi connectivity index (χ1n) is 13.1. The molecule has 0 spiro atoms. The van der Waals surface area contributed by atoms with E-state index in [1.54, 1.807) is 13.3 Å². The van der Waals surface area contributed by atoms with Gasteiger partial charge in [-0.25, -0.2) is 9.97 Å². The quantitative estimate of drug-likeness (QED) is 0.426. The molecule has 2 aromatic carbocycles. The Labute approximate surface area is 229 Å². The van der Waals surface area contributed by atoms with Gasteiger partial charge in [-0.15, -0.1) is 0 Å². The third-order valence-corrected chi connectivity index (χ3v) is 7.92. The van der Waals surface area contributed by atoms with Crippen LogP contribution in [0.5, 0.6) is 5.75 Å². The second-order valence-electron chi connectivity index (χ2n) is 10.5. The Balaban J connectivity index is 1.39. The van der Waals surface area contributed by atoms with Gasteiger partial charge in [0.05, 0.1) is 29.7 Å². The average Bonchev–Trinajstić information content (AvgIpc) is 3.24. The van der Waals surface area contributed by atoms with Crippen LogP contribution in [0.2, 0.25) is 5.02 Å². The van der Waals surface area contributed by atoms with Crippen LogP contribution in [0.4, 0.5) is 17.3 Å². The Morgan fingerprint density at radius 2 is 1.92 bits per heavy atom. The molecular formula is C29H34ClN7O. The van der Waals surface area contributed by atoms with Crippen LogP contribution in [0.15, 0.2) is 36.5 Å². The number of nitriles is 1. The maximum Gasteiger partial charge on any atom is 0.227 e. The van der Waals surface area contributed by atoms with Crippen molar-refractivity contribution in [2.75, 3.05) is 57.0 Å². The first-order valence-corrected chi connectivity index (χ1v) is 13.4. The van der Waals surface area contributed by atoms with Gasteiger partial charge < -0.3 is 20.3 Å². The zero-order valence-electron chi connectivity index (χ0n) is 22.4. The Bertz CT molecular complexity index is 1380. The molecule has 2 N–H and O–H groups in total. The lowest BCUT2D eigenvalue weighted by atomic mass is 9.85. The summed E-state index contributed by atoms with van der Waals surface area (Å²) >= 11 is 6.73. The molecule has 1 fully saturated rings. The van der Waals surface area contributed by atoms with Gasteiger partial charge in [-0.3, -0.25) is 4.90 Å². The van der Waals surface area contributed by atoms with Gasteiger partial charge in [-0.05, 0) is 48.0 Å². The Kier molecular flexibility index (Phi) is 7.44. The third-order valence-electron chi connectivity index (χ3n) is 7.57. The lowest BCUT2D eigenvalue weighted by Gasteiger charge is -2.34. The highest BCUT2D eigenvalue weighted by molar-refractivity contribution is 6.31. The molecule has 3 aromatic rings. The lowest BCUT2D eigenvalue weighted by Crippen LogP contribution is -2.45. The van der Waals surface area contributed by atoms with Gasteiger partial charge in [0, 0.05) is 61.5 Å². The minimum Gasteiger partial charge on any atom is -0.495 e. The molecule has 2 aliphatic heterocycles. The SMILES string of the molecule is CCN1CCN(Cc2cc(OC)c(Nc3nccc(-c4cc(C#N)c5c(c4)C(C)(C)CN5)n3)cc2Cl)CC1. The summed E-state index contributed by atoms with van der Waals surface area (Å²) in [6, 6.07) is 12.1. The molecule has 1 aromatic heterocycles. The summed E-state index contributed by atoms with van der Waals surface area (Å²) in [6.45, 7) is 13.4. The molecule has 0 amide bonds. The van der Waals surface area contributed by atoms with E-state index in [9.17, 15) is 5.26 Å². The van der Waals surface area contributed by atoms with Crippen LogP contribution >= 0.6 is 11.6 Å². The van der Waals surface area contributed by atoms with Crippen molar-refractivity contribution in [3.8, 4) is 23.1 Å². The molecule has 38 heavy (non-hydrogen) atoms. The first kappa shape index (κ1) is 26.2. The Hall–Kier alpha value is -3.38. The number of hydrogen-bond donors (Lipinski definition) is 2. The fraction of sp³-hybridized carbons (Fsp3) is 0.414. The topological polar surface area (TPSA) is 89.3 Å². The molecule has 0 radical (unpaired) electrons. The summed E-state index contributed by atoms with van der Waals surface area (Å²) in [7, 11) is 1.65. The number of halogens is 1. The third kappa shape index (κ3) is 5.28. The standard InChI is InChI=1S/C29H34ClN7O/c1-5-36-8-10-37(11-9-36)17-21-14-26(38-4)25(15-23(21)30)35-28-32-7-6-24(34-28)19-12-20(16-31)27-22(13-19)29(2,3)18-33-27/h6-7,12-15,33H,5,8-11,17-18H2,1-4H3,(H,32,34,35). The van der Waals surface area contributed by atoms with Gasteiger partial charge in [-0.1, -0.05) is 32.4 Å². The van der Waals surface area contributed by atoms with E-state index >= 15 is 0 Å². The molecule has 1 saturated heterocycles. The number of benzene rings is 2. The van der Waals surface area contributed by atoms with Gasteiger partial charge in [0.1, 0.15) is 11.8 Å². The van der Waals surface area contributed by atoms with Crippen molar-refractivity contribution < 1.29 is 4.74 Å². The minimum absolute atomic E-state index is 0.0690. The molecule has 5 rings (SSSR count). The van der Waals surface area contributed by atoms with E-state index in [4.69, 9.17) is 21.3 Å². The van der Waals surface area contributed by atoms with Gasteiger partial charge in [-0.2, -0.15) is 5.26 Å². The average molecular weight is 532 g/mol. The molecule has 0 saturated carbocycles. The number of likely N-dealkylation sites (N-methyl/N-ethyl adjacent to an activating group) is 1. The number of anilines is 3. The highest BCUT2D eigenvalue weighted by atomic mass is 35.5. The highest BCUT2D eigenvalue weighted by Crippen LogP contribution is 2.41. The van der Waals surface area contributed by atoms with Gasteiger partial charge in [0.2, 0.25) is 5.95 Å². The highest BCUT2D eigenvalue weighted by Gasteiger charge is 2.32. The number of piperazine rings is 1. The summed E-state index contributed by atoms with van der Waals surface area (Å²) in [5, 5.41) is 17.1. The van der Waals surface area contributed by atoms with Crippen molar-refractivity contribution in [2.45, 2.75) is 32.7 Å². The fourth-order valence-corrected chi connectivity index (χ4v) is 5.42. The van der Waals surface area contributed by atoms with Crippen molar-refractivity contribution in [2.24, 2.45) is 0 Å². The van der Waals surface area contributed by atoms with E-state index in [1.807, 2.05) is 24.3 Å². The van der Waals surface area contributed by atoms with Crippen LogP contribution in [0.25, 0.3) is 11.3 Å². The van der Waals surface area contributed by atoms with Crippen molar-refractivity contribution in [1.82, 2.24) is 19.8 Å². The van der Waals surface area contributed by atoms with Crippen LogP contribution in [-0.4, -0.2) is 66.1 Å². The molecule has 0 unspecified atom stereocenters. The molecule has 0 aliphatic carbocycles. The van der Waals surface area contributed by atoms with E-state index in [0.717, 1.165) is 73.9 Å². The van der Waals surface area contributed by atoms with Crippen molar-refractivity contribution in [1.29, 1.82) is 5.26 Å². The second kappa shape index (κ2) is 10.8. The number of hydrogen-bond acceptors (Lipinski definition) is 8. The monoisotopic (exact) mass is 531 g/mol. The van der Waals surface area contributed by atoms with Crippen LogP contribution in [0.3, 0.4) is 0 Å².